The van der Waals surface area contributed by atoms with E-state index < -0.39 is 0 Å². The van der Waals surface area contributed by atoms with Crippen LogP contribution in [0.3, 0.4) is 0 Å². The lowest BCUT2D eigenvalue weighted by atomic mass is 10.0. The summed E-state index contributed by atoms with van der Waals surface area (Å²) in [6.07, 6.45) is 5.75. The summed E-state index contributed by atoms with van der Waals surface area (Å²) in [5, 5.41) is 7.87. The summed E-state index contributed by atoms with van der Waals surface area (Å²) in [6, 6.07) is 4.33. The third-order valence-corrected chi connectivity index (χ3v) is 3.67. The third-order valence-electron chi connectivity index (χ3n) is 3.20. The van der Waals surface area contributed by atoms with Crippen LogP contribution in [0, 0.1) is 0 Å². The average molecular weight is 323 g/mol. The lowest BCUT2D eigenvalue weighted by molar-refractivity contribution is 0.579. The number of nitrogens with one attached hydrogen (secondary N) is 1. The Morgan fingerprint density at radius 1 is 1.42 bits per heavy atom. The molecule has 0 bridgehead atoms. The number of nitrogens with zero attached hydrogens (tertiary/aromatic N) is 3. The molecule has 2 aromatic rings. The Labute approximate surface area is 122 Å². The standard InChI is InChI=1S/C14H19BrN4/c1-4-13-12(9-19(3)18-13)14(16-2)7-11-6-5-10(15)8-17-11/h5-6,8-9,14,16H,4,7H2,1-3H3. The highest BCUT2D eigenvalue weighted by molar-refractivity contribution is 9.10. The van der Waals surface area contributed by atoms with Crippen LogP contribution in [-0.2, 0) is 19.9 Å². The summed E-state index contributed by atoms with van der Waals surface area (Å²) in [7, 11) is 3.95. The van der Waals surface area contributed by atoms with E-state index in [1.807, 2.05) is 31.0 Å². The van der Waals surface area contributed by atoms with Gasteiger partial charge in [-0.1, -0.05) is 6.92 Å². The van der Waals surface area contributed by atoms with Crippen LogP contribution in [0.2, 0.25) is 0 Å². The van der Waals surface area contributed by atoms with Crippen molar-refractivity contribution in [2.24, 2.45) is 7.05 Å². The van der Waals surface area contributed by atoms with Crippen LogP contribution in [0.15, 0.2) is 29.0 Å². The zero-order chi connectivity index (χ0) is 13.8. The molecule has 5 heteroatoms. The van der Waals surface area contributed by atoms with Gasteiger partial charge in [-0.15, -0.1) is 0 Å². The normalized spacial score (nSPS) is 12.6. The van der Waals surface area contributed by atoms with Gasteiger partial charge in [-0.05, 0) is 41.5 Å². The minimum atomic E-state index is 0.248. The molecule has 0 fully saturated rings. The molecule has 1 unspecified atom stereocenters. The molecule has 0 aliphatic carbocycles. The molecule has 0 aliphatic rings. The van der Waals surface area contributed by atoms with Crippen LogP contribution in [0.25, 0.3) is 0 Å². The molecule has 2 aromatic heterocycles. The number of aromatic nitrogens is 3. The Hall–Kier alpha value is -1.20. The maximum absolute atomic E-state index is 4.50. The predicted octanol–water partition coefficient (Wildman–Crippen LogP) is 2.64. The van der Waals surface area contributed by atoms with Crippen LogP contribution in [0.1, 0.15) is 29.9 Å². The van der Waals surface area contributed by atoms with Crippen LogP contribution in [-0.4, -0.2) is 21.8 Å². The molecule has 102 valence electrons. The maximum Gasteiger partial charge on any atom is 0.0669 e. The Morgan fingerprint density at radius 3 is 2.79 bits per heavy atom. The van der Waals surface area contributed by atoms with Crippen LogP contribution < -0.4 is 5.32 Å². The molecule has 0 radical (unpaired) electrons. The fourth-order valence-electron chi connectivity index (χ4n) is 2.22. The number of halogens is 1. The van der Waals surface area contributed by atoms with Crippen LogP contribution in [0.4, 0.5) is 0 Å². The molecule has 2 rings (SSSR count). The van der Waals surface area contributed by atoms with E-state index in [-0.39, 0.29) is 6.04 Å². The molecule has 0 spiro atoms. The van der Waals surface area contributed by atoms with Crippen LogP contribution in [0.5, 0.6) is 0 Å². The van der Waals surface area contributed by atoms with Crippen molar-refractivity contribution in [1.82, 2.24) is 20.1 Å². The smallest absolute Gasteiger partial charge is 0.0669 e. The summed E-state index contributed by atoms with van der Waals surface area (Å²) in [5.74, 6) is 0. The van der Waals surface area contributed by atoms with Gasteiger partial charge in [0.1, 0.15) is 0 Å². The quantitative estimate of drug-likeness (QED) is 0.920. The van der Waals surface area contributed by atoms with Crippen molar-refractivity contribution in [3.8, 4) is 0 Å². The third kappa shape index (κ3) is 3.42. The fourth-order valence-corrected chi connectivity index (χ4v) is 2.46. The van der Waals surface area contributed by atoms with Crippen molar-refractivity contribution >= 4 is 15.9 Å². The van der Waals surface area contributed by atoms with E-state index in [2.05, 4.69) is 50.5 Å². The van der Waals surface area contributed by atoms with Crippen LogP contribution >= 0.6 is 15.9 Å². The first-order chi connectivity index (χ1) is 9.13. The molecular formula is C14H19BrN4. The molecule has 0 saturated carbocycles. The Balaban J connectivity index is 2.22. The largest absolute Gasteiger partial charge is 0.313 e. The van der Waals surface area contributed by atoms with Crippen molar-refractivity contribution in [2.75, 3.05) is 7.05 Å². The highest BCUT2D eigenvalue weighted by Gasteiger charge is 2.17. The van der Waals surface area contributed by atoms with E-state index >= 15 is 0 Å². The number of likely N-dealkylation sites (N-methyl/N-ethyl adjacent to an activating group) is 1. The van der Waals surface area contributed by atoms with Gasteiger partial charge in [0.25, 0.3) is 0 Å². The van der Waals surface area contributed by atoms with Gasteiger partial charge in [0.05, 0.1) is 5.69 Å². The fraction of sp³-hybridized carbons (Fsp3) is 0.429. The zero-order valence-corrected chi connectivity index (χ0v) is 13.1. The minimum Gasteiger partial charge on any atom is -0.313 e. The van der Waals surface area contributed by atoms with Gasteiger partial charge in [-0.2, -0.15) is 5.10 Å². The first kappa shape index (κ1) is 14.2. The van der Waals surface area contributed by atoms with E-state index in [1.165, 1.54) is 5.56 Å². The first-order valence-corrected chi connectivity index (χ1v) is 7.23. The van der Waals surface area contributed by atoms with Gasteiger partial charge in [0.2, 0.25) is 0 Å². The van der Waals surface area contributed by atoms with Gasteiger partial charge in [-0.25, -0.2) is 0 Å². The minimum absolute atomic E-state index is 0.248. The molecule has 0 aliphatic heterocycles. The van der Waals surface area contributed by atoms with Crippen molar-refractivity contribution in [2.45, 2.75) is 25.8 Å². The molecule has 4 nitrogen and oxygen atoms in total. The number of aryl methyl sites for hydroxylation is 2. The molecule has 2 heterocycles. The van der Waals surface area contributed by atoms with Crippen molar-refractivity contribution in [1.29, 1.82) is 0 Å². The highest BCUT2D eigenvalue weighted by Crippen LogP contribution is 2.21. The van der Waals surface area contributed by atoms with E-state index in [9.17, 15) is 0 Å². The number of pyridine rings is 1. The lowest BCUT2D eigenvalue weighted by Gasteiger charge is -2.15. The maximum atomic E-state index is 4.50. The second kappa shape index (κ2) is 6.30. The van der Waals surface area contributed by atoms with E-state index in [0.29, 0.717) is 0 Å². The average Bonchev–Trinajstić information content (AvgIpc) is 2.79. The summed E-state index contributed by atoms with van der Waals surface area (Å²) in [6.45, 7) is 2.14. The Bertz CT molecular complexity index is 533. The number of hydrogen-bond acceptors (Lipinski definition) is 3. The SMILES string of the molecule is CCc1nn(C)cc1C(Cc1ccc(Br)cn1)NC. The van der Waals surface area contributed by atoms with E-state index in [4.69, 9.17) is 0 Å². The predicted molar refractivity (Wildman–Crippen MR) is 80.0 cm³/mol. The number of hydrogen-bond donors (Lipinski definition) is 1. The molecule has 19 heavy (non-hydrogen) atoms. The molecule has 0 amide bonds. The second-order valence-corrected chi connectivity index (χ2v) is 5.49. The number of rotatable bonds is 5. The lowest BCUT2D eigenvalue weighted by Crippen LogP contribution is -2.20. The summed E-state index contributed by atoms with van der Waals surface area (Å²) in [4.78, 5) is 4.44. The molecular weight excluding hydrogens is 304 g/mol. The van der Waals surface area contributed by atoms with Gasteiger partial charge >= 0.3 is 0 Å². The van der Waals surface area contributed by atoms with Gasteiger partial charge in [-0.3, -0.25) is 9.67 Å². The molecule has 1 N–H and O–H groups in total. The molecule has 1 atom stereocenters. The first-order valence-electron chi connectivity index (χ1n) is 6.44. The summed E-state index contributed by atoms with van der Waals surface area (Å²) in [5.41, 5.74) is 3.49. The van der Waals surface area contributed by atoms with Gasteiger partial charge in [0.15, 0.2) is 0 Å². The van der Waals surface area contributed by atoms with E-state index in [1.54, 1.807) is 0 Å². The second-order valence-electron chi connectivity index (χ2n) is 4.57. The van der Waals surface area contributed by atoms with Crippen molar-refractivity contribution in [3.05, 3.63) is 46.0 Å². The van der Waals surface area contributed by atoms with E-state index in [0.717, 1.165) is 28.7 Å². The Kier molecular flexibility index (Phi) is 4.71. The van der Waals surface area contributed by atoms with Gasteiger partial charge < -0.3 is 5.32 Å². The Morgan fingerprint density at radius 2 is 2.21 bits per heavy atom. The summed E-state index contributed by atoms with van der Waals surface area (Å²) < 4.78 is 2.89. The topological polar surface area (TPSA) is 42.7 Å². The monoisotopic (exact) mass is 322 g/mol. The molecule has 0 saturated heterocycles. The van der Waals surface area contributed by atoms with Crippen molar-refractivity contribution in [3.63, 3.8) is 0 Å². The van der Waals surface area contributed by atoms with Crippen molar-refractivity contribution < 1.29 is 0 Å². The summed E-state index contributed by atoms with van der Waals surface area (Å²) >= 11 is 3.41. The zero-order valence-electron chi connectivity index (χ0n) is 11.5. The molecule has 0 aromatic carbocycles. The van der Waals surface area contributed by atoms with Gasteiger partial charge in [0, 0.05) is 47.6 Å². The highest BCUT2D eigenvalue weighted by atomic mass is 79.9.